The summed E-state index contributed by atoms with van der Waals surface area (Å²) in [5.74, 6) is 0. The lowest BCUT2D eigenvalue weighted by Crippen LogP contribution is -2.22. The van der Waals surface area contributed by atoms with Crippen molar-refractivity contribution < 1.29 is 4.74 Å². The second kappa shape index (κ2) is 9.94. The molecule has 0 radical (unpaired) electrons. The molecular formula is C30H29N3O. The summed E-state index contributed by atoms with van der Waals surface area (Å²) >= 11 is 0. The van der Waals surface area contributed by atoms with E-state index in [1.54, 1.807) is 0 Å². The maximum atomic E-state index is 5.43. The Hall–Kier alpha value is -3.89. The second-order valence-corrected chi connectivity index (χ2v) is 8.72. The molecule has 4 aromatic rings. The summed E-state index contributed by atoms with van der Waals surface area (Å²) in [6, 6.07) is 36.0. The van der Waals surface area contributed by atoms with Crippen LogP contribution in [0.3, 0.4) is 0 Å². The Morgan fingerprint density at radius 2 is 1.21 bits per heavy atom. The summed E-state index contributed by atoms with van der Waals surface area (Å²) in [5.41, 5.74) is 7.99. The number of aryl methyl sites for hydroxylation is 2. The smallest absolute Gasteiger partial charge is 0.101 e. The van der Waals surface area contributed by atoms with Crippen molar-refractivity contribution in [2.45, 2.75) is 20.0 Å². The number of hydrogen-bond donors (Lipinski definition) is 0. The first-order valence-electron chi connectivity index (χ1n) is 11.7. The molecule has 0 saturated carbocycles. The van der Waals surface area contributed by atoms with Gasteiger partial charge in [0.25, 0.3) is 0 Å². The maximum Gasteiger partial charge on any atom is 0.101 e. The molecule has 0 aromatic heterocycles. The second-order valence-electron chi connectivity index (χ2n) is 8.72. The standard InChI is InChI=1S/C30H29N3O/c1-23-8-14-27(15-9-23)33(28-16-10-24(2)11-17-28)29-18-12-25(13-19-29)20-31-32(21-30-22-34-30)26-6-4-3-5-7-26/h3-20,30H,21-22H2,1-2H3. The summed E-state index contributed by atoms with van der Waals surface area (Å²) in [4.78, 5) is 2.28. The van der Waals surface area contributed by atoms with Gasteiger partial charge in [-0.2, -0.15) is 5.10 Å². The summed E-state index contributed by atoms with van der Waals surface area (Å²) in [6.07, 6.45) is 2.18. The number of hydrogen-bond acceptors (Lipinski definition) is 4. The van der Waals surface area contributed by atoms with Gasteiger partial charge in [-0.1, -0.05) is 65.7 Å². The normalized spacial score (nSPS) is 14.8. The largest absolute Gasteiger partial charge is 0.371 e. The van der Waals surface area contributed by atoms with Crippen LogP contribution in [0.1, 0.15) is 16.7 Å². The topological polar surface area (TPSA) is 31.4 Å². The van der Waals surface area contributed by atoms with Gasteiger partial charge in [0.05, 0.1) is 25.1 Å². The van der Waals surface area contributed by atoms with Gasteiger partial charge in [-0.15, -0.1) is 0 Å². The van der Waals surface area contributed by atoms with Crippen LogP contribution >= 0.6 is 0 Å². The summed E-state index contributed by atoms with van der Waals surface area (Å²) in [6.45, 7) is 5.79. The lowest BCUT2D eigenvalue weighted by atomic mass is 10.1. The van der Waals surface area contributed by atoms with E-state index in [1.807, 2.05) is 29.4 Å². The van der Waals surface area contributed by atoms with Crippen LogP contribution in [0, 0.1) is 13.8 Å². The highest BCUT2D eigenvalue weighted by Crippen LogP contribution is 2.34. The van der Waals surface area contributed by atoms with Crippen molar-refractivity contribution in [3.05, 3.63) is 120 Å². The van der Waals surface area contributed by atoms with E-state index in [4.69, 9.17) is 9.84 Å². The van der Waals surface area contributed by atoms with Crippen molar-refractivity contribution in [2.75, 3.05) is 23.1 Å². The van der Waals surface area contributed by atoms with Gasteiger partial charge in [-0.3, -0.25) is 5.01 Å². The molecule has 1 aliphatic rings. The first kappa shape index (κ1) is 21.9. The van der Waals surface area contributed by atoms with Crippen molar-refractivity contribution in [2.24, 2.45) is 5.10 Å². The number of hydrazone groups is 1. The van der Waals surface area contributed by atoms with Crippen LogP contribution in [-0.2, 0) is 4.74 Å². The zero-order valence-corrected chi connectivity index (χ0v) is 19.6. The van der Waals surface area contributed by atoms with Crippen LogP contribution in [0.25, 0.3) is 0 Å². The predicted molar refractivity (Wildman–Crippen MR) is 142 cm³/mol. The molecule has 1 atom stereocenters. The van der Waals surface area contributed by atoms with E-state index < -0.39 is 0 Å². The van der Waals surface area contributed by atoms with Crippen LogP contribution in [-0.4, -0.2) is 25.5 Å². The van der Waals surface area contributed by atoms with E-state index >= 15 is 0 Å². The van der Waals surface area contributed by atoms with Gasteiger partial charge in [0, 0.05) is 17.1 Å². The summed E-state index contributed by atoms with van der Waals surface area (Å²) in [5, 5.41) is 6.78. The number of benzene rings is 4. The molecule has 0 spiro atoms. The Labute approximate surface area is 201 Å². The lowest BCUT2D eigenvalue weighted by Gasteiger charge is -2.26. The number of rotatable bonds is 8. The Bertz CT molecular complexity index is 1180. The first-order chi connectivity index (χ1) is 16.7. The van der Waals surface area contributed by atoms with Gasteiger partial charge >= 0.3 is 0 Å². The fourth-order valence-electron chi connectivity index (χ4n) is 3.87. The molecule has 0 N–H and O–H groups in total. The molecule has 4 nitrogen and oxygen atoms in total. The van der Waals surface area contributed by atoms with Gasteiger partial charge in [-0.05, 0) is 67.9 Å². The number of nitrogens with zero attached hydrogens (tertiary/aromatic N) is 3. The summed E-state index contributed by atoms with van der Waals surface area (Å²) < 4.78 is 5.43. The Balaban J connectivity index is 1.41. The molecule has 1 heterocycles. The highest BCUT2D eigenvalue weighted by Gasteiger charge is 2.25. The molecule has 1 saturated heterocycles. The Kier molecular flexibility index (Phi) is 6.41. The highest BCUT2D eigenvalue weighted by atomic mass is 16.6. The number of para-hydroxylation sites is 1. The van der Waals surface area contributed by atoms with Gasteiger partial charge in [0.15, 0.2) is 0 Å². The lowest BCUT2D eigenvalue weighted by molar-refractivity contribution is 0.408. The predicted octanol–water partition coefficient (Wildman–Crippen LogP) is 7.01. The van der Waals surface area contributed by atoms with Gasteiger partial charge in [0.2, 0.25) is 0 Å². The van der Waals surface area contributed by atoms with E-state index in [1.165, 1.54) is 11.1 Å². The number of epoxide rings is 1. The molecule has 0 amide bonds. The molecular weight excluding hydrogens is 418 g/mol. The van der Waals surface area contributed by atoms with Crippen LogP contribution in [0.2, 0.25) is 0 Å². The average molecular weight is 448 g/mol. The molecule has 170 valence electrons. The minimum Gasteiger partial charge on any atom is -0.371 e. The molecule has 1 unspecified atom stereocenters. The van der Waals surface area contributed by atoms with Gasteiger partial charge in [0.1, 0.15) is 6.10 Å². The van der Waals surface area contributed by atoms with Crippen molar-refractivity contribution >= 4 is 29.0 Å². The molecule has 0 bridgehead atoms. The number of ether oxygens (including phenoxy) is 1. The third kappa shape index (κ3) is 5.36. The number of anilines is 4. The zero-order chi connectivity index (χ0) is 23.3. The third-order valence-corrected chi connectivity index (χ3v) is 5.91. The molecule has 4 aromatic carbocycles. The molecule has 4 heteroatoms. The zero-order valence-electron chi connectivity index (χ0n) is 19.6. The van der Waals surface area contributed by atoms with E-state index in [9.17, 15) is 0 Å². The molecule has 34 heavy (non-hydrogen) atoms. The first-order valence-corrected chi connectivity index (χ1v) is 11.7. The van der Waals surface area contributed by atoms with Crippen LogP contribution in [0.5, 0.6) is 0 Å². The minimum absolute atomic E-state index is 0.261. The van der Waals surface area contributed by atoms with E-state index in [2.05, 4.69) is 104 Å². The Morgan fingerprint density at radius 3 is 1.71 bits per heavy atom. The van der Waals surface area contributed by atoms with Crippen molar-refractivity contribution in [3.63, 3.8) is 0 Å². The average Bonchev–Trinajstić information content (AvgIpc) is 3.70. The van der Waals surface area contributed by atoms with Crippen molar-refractivity contribution in [3.8, 4) is 0 Å². The van der Waals surface area contributed by atoms with Gasteiger partial charge < -0.3 is 9.64 Å². The van der Waals surface area contributed by atoms with Crippen LogP contribution < -0.4 is 9.91 Å². The fraction of sp³-hybridized carbons (Fsp3) is 0.167. The molecule has 0 aliphatic carbocycles. The van der Waals surface area contributed by atoms with Crippen LogP contribution in [0.15, 0.2) is 108 Å². The molecule has 1 aliphatic heterocycles. The van der Waals surface area contributed by atoms with Crippen molar-refractivity contribution in [1.82, 2.24) is 0 Å². The van der Waals surface area contributed by atoms with Gasteiger partial charge in [-0.25, -0.2) is 0 Å². The maximum absolute atomic E-state index is 5.43. The molecule has 5 rings (SSSR count). The quantitative estimate of drug-likeness (QED) is 0.165. The van der Waals surface area contributed by atoms with E-state index in [0.717, 1.165) is 41.5 Å². The minimum atomic E-state index is 0.261. The van der Waals surface area contributed by atoms with E-state index in [0.29, 0.717) is 0 Å². The monoisotopic (exact) mass is 447 g/mol. The third-order valence-electron chi connectivity index (χ3n) is 5.91. The SMILES string of the molecule is Cc1ccc(N(c2ccc(C)cc2)c2ccc(C=NN(CC3CO3)c3ccccc3)cc2)cc1. The Morgan fingerprint density at radius 1 is 0.706 bits per heavy atom. The molecule has 1 fully saturated rings. The fourth-order valence-corrected chi connectivity index (χ4v) is 3.87. The van der Waals surface area contributed by atoms with E-state index in [-0.39, 0.29) is 6.10 Å². The summed E-state index contributed by atoms with van der Waals surface area (Å²) in [7, 11) is 0. The van der Waals surface area contributed by atoms with Crippen LogP contribution in [0.4, 0.5) is 22.7 Å². The highest BCUT2D eigenvalue weighted by molar-refractivity contribution is 5.83. The van der Waals surface area contributed by atoms with Crippen molar-refractivity contribution in [1.29, 1.82) is 0 Å².